The molecule has 0 aliphatic carbocycles. The number of rotatable bonds is 7. The summed E-state index contributed by atoms with van der Waals surface area (Å²) in [4.78, 5) is 10.9. The van der Waals surface area contributed by atoms with E-state index in [4.69, 9.17) is 14.3 Å². The van der Waals surface area contributed by atoms with Crippen molar-refractivity contribution in [1.29, 1.82) is 0 Å². The van der Waals surface area contributed by atoms with E-state index in [9.17, 15) is 4.79 Å². The highest BCUT2D eigenvalue weighted by Crippen LogP contribution is 2.21. The van der Waals surface area contributed by atoms with E-state index in [0.717, 1.165) is 10.9 Å². The van der Waals surface area contributed by atoms with Crippen LogP contribution < -0.4 is 5.32 Å². The molecule has 0 saturated heterocycles. The van der Waals surface area contributed by atoms with Crippen molar-refractivity contribution < 1.29 is 19.1 Å². The Bertz CT molecular complexity index is 618. The molecule has 2 N–H and O–H groups in total. The topological polar surface area (TPSA) is 71.7 Å². The van der Waals surface area contributed by atoms with Gasteiger partial charge < -0.3 is 19.6 Å². The highest BCUT2D eigenvalue weighted by Gasteiger charge is 2.13. The van der Waals surface area contributed by atoms with Gasteiger partial charge in [-0.15, -0.1) is 0 Å². The maximum atomic E-state index is 10.9. The fourth-order valence-electron chi connectivity index (χ4n) is 2.22. The first kappa shape index (κ1) is 15.5. The van der Waals surface area contributed by atoms with Gasteiger partial charge in [0.25, 0.3) is 0 Å². The van der Waals surface area contributed by atoms with Gasteiger partial charge in [-0.25, -0.2) is 4.79 Å². The molecule has 2 aromatic rings. The van der Waals surface area contributed by atoms with Gasteiger partial charge in [-0.05, 0) is 29.7 Å². The lowest BCUT2D eigenvalue weighted by molar-refractivity contribution is 0.0665. The first-order valence-corrected chi connectivity index (χ1v) is 6.99. The Hall–Kier alpha value is -1.85. The third kappa shape index (κ3) is 3.83. The van der Waals surface area contributed by atoms with Crippen molar-refractivity contribution in [2.24, 2.45) is 5.92 Å². The quantitative estimate of drug-likeness (QED) is 0.820. The number of carboxylic acids is 1. The molecule has 1 heterocycles. The number of hydrogen-bond donors (Lipinski definition) is 2. The van der Waals surface area contributed by atoms with Crippen LogP contribution in [0.1, 0.15) is 30.0 Å². The van der Waals surface area contributed by atoms with E-state index in [1.54, 1.807) is 19.2 Å². The molecule has 5 heteroatoms. The molecular weight excluding hydrogens is 270 g/mol. The fourth-order valence-corrected chi connectivity index (χ4v) is 2.22. The van der Waals surface area contributed by atoms with E-state index in [1.807, 2.05) is 12.1 Å². The van der Waals surface area contributed by atoms with E-state index < -0.39 is 5.97 Å². The smallest absolute Gasteiger partial charge is 0.371 e. The number of ether oxygens (including phenoxy) is 1. The molecule has 0 saturated carbocycles. The summed E-state index contributed by atoms with van der Waals surface area (Å²) in [6.45, 7) is 5.66. The van der Waals surface area contributed by atoms with E-state index in [2.05, 4.69) is 19.2 Å². The highest BCUT2D eigenvalue weighted by molar-refractivity contribution is 5.91. The van der Waals surface area contributed by atoms with Gasteiger partial charge in [-0.3, -0.25) is 0 Å². The zero-order valence-electron chi connectivity index (χ0n) is 12.6. The van der Waals surface area contributed by atoms with Crippen molar-refractivity contribution in [2.45, 2.75) is 26.4 Å². The third-order valence-electron chi connectivity index (χ3n) is 3.51. The lowest BCUT2D eigenvalue weighted by atomic mass is 10.0. The zero-order valence-corrected chi connectivity index (χ0v) is 12.6. The van der Waals surface area contributed by atoms with Crippen LogP contribution in [0.4, 0.5) is 0 Å². The van der Waals surface area contributed by atoms with Crippen molar-refractivity contribution in [2.75, 3.05) is 13.7 Å². The molecule has 0 radical (unpaired) electrons. The number of carboxylic acid groups (broad SMARTS) is 1. The molecule has 5 nitrogen and oxygen atoms in total. The summed E-state index contributed by atoms with van der Waals surface area (Å²) in [5.74, 6) is -0.610. The first-order chi connectivity index (χ1) is 10.0. The Morgan fingerprint density at radius 3 is 2.76 bits per heavy atom. The second-order valence-corrected chi connectivity index (χ2v) is 5.47. The van der Waals surface area contributed by atoms with Crippen molar-refractivity contribution in [3.05, 3.63) is 35.6 Å². The molecule has 1 aromatic heterocycles. The molecule has 1 atom stereocenters. The Balaban J connectivity index is 2.10. The second-order valence-electron chi connectivity index (χ2n) is 5.47. The monoisotopic (exact) mass is 291 g/mol. The van der Waals surface area contributed by atoms with Crippen LogP contribution >= 0.6 is 0 Å². The van der Waals surface area contributed by atoms with Gasteiger partial charge in [-0.2, -0.15) is 0 Å². The number of furan rings is 1. The average molecular weight is 291 g/mol. The van der Waals surface area contributed by atoms with Gasteiger partial charge in [-0.1, -0.05) is 19.9 Å². The lowest BCUT2D eigenvalue weighted by Crippen LogP contribution is -2.37. The largest absolute Gasteiger partial charge is 0.475 e. The van der Waals surface area contributed by atoms with E-state index in [1.165, 1.54) is 0 Å². The van der Waals surface area contributed by atoms with Crippen molar-refractivity contribution in [3.8, 4) is 0 Å². The summed E-state index contributed by atoms with van der Waals surface area (Å²) in [6.07, 6.45) is 0. The molecule has 0 aliphatic heterocycles. The van der Waals surface area contributed by atoms with Gasteiger partial charge >= 0.3 is 5.97 Å². The van der Waals surface area contributed by atoms with Crippen molar-refractivity contribution in [3.63, 3.8) is 0 Å². The molecule has 114 valence electrons. The van der Waals surface area contributed by atoms with E-state index >= 15 is 0 Å². The zero-order chi connectivity index (χ0) is 15.4. The maximum absolute atomic E-state index is 10.9. The van der Waals surface area contributed by atoms with Gasteiger partial charge in [0.05, 0.1) is 6.61 Å². The molecule has 1 unspecified atom stereocenters. The minimum absolute atomic E-state index is 0.0328. The highest BCUT2D eigenvalue weighted by atomic mass is 16.5. The van der Waals surface area contributed by atoms with Crippen LogP contribution in [-0.4, -0.2) is 30.8 Å². The molecular formula is C16H21NO4. The molecule has 1 aromatic carbocycles. The number of benzene rings is 1. The van der Waals surface area contributed by atoms with Crippen LogP contribution in [0.25, 0.3) is 11.0 Å². The molecule has 0 amide bonds. The number of fused-ring (bicyclic) bond motifs is 1. The van der Waals surface area contributed by atoms with Crippen LogP contribution in [0.15, 0.2) is 28.7 Å². The summed E-state index contributed by atoms with van der Waals surface area (Å²) < 4.78 is 10.5. The van der Waals surface area contributed by atoms with Crippen LogP contribution in [-0.2, 0) is 11.3 Å². The standard InChI is InChI=1S/C16H21NO4/c1-10(2)13(9-20-3)17-8-11-4-5-14-12(6-11)7-15(21-14)16(18)19/h4-7,10,13,17H,8-9H2,1-3H3,(H,18,19). The van der Waals surface area contributed by atoms with Crippen molar-refractivity contribution in [1.82, 2.24) is 5.32 Å². The molecule has 0 fully saturated rings. The summed E-state index contributed by atoms with van der Waals surface area (Å²) in [7, 11) is 1.70. The van der Waals surface area contributed by atoms with E-state index in [0.29, 0.717) is 24.7 Å². The second kappa shape index (κ2) is 6.74. The number of carbonyl (C=O) groups is 1. The number of methoxy groups -OCH3 is 1. The minimum atomic E-state index is -1.05. The van der Waals surface area contributed by atoms with Crippen LogP contribution in [0.3, 0.4) is 0 Å². The Morgan fingerprint density at radius 2 is 2.14 bits per heavy atom. The summed E-state index contributed by atoms with van der Waals surface area (Å²) in [5.41, 5.74) is 1.68. The summed E-state index contributed by atoms with van der Waals surface area (Å²) >= 11 is 0. The molecule has 0 spiro atoms. The van der Waals surface area contributed by atoms with Crippen molar-refractivity contribution >= 4 is 16.9 Å². The van der Waals surface area contributed by atoms with Gasteiger partial charge in [0.1, 0.15) is 5.58 Å². The number of hydrogen-bond acceptors (Lipinski definition) is 4. The normalized spacial score (nSPS) is 13.0. The molecule has 0 bridgehead atoms. The Morgan fingerprint density at radius 1 is 1.38 bits per heavy atom. The fraction of sp³-hybridized carbons (Fsp3) is 0.438. The molecule has 2 rings (SSSR count). The number of aromatic carboxylic acids is 1. The maximum Gasteiger partial charge on any atom is 0.371 e. The van der Waals surface area contributed by atoms with Gasteiger partial charge in [0, 0.05) is 25.1 Å². The minimum Gasteiger partial charge on any atom is -0.475 e. The van der Waals surface area contributed by atoms with Crippen LogP contribution in [0.2, 0.25) is 0 Å². The molecule has 21 heavy (non-hydrogen) atoms. The van der Waals surface area contributed by atoms with Crippen LogP contribution in [0, 0.1) is 5.92 Å². The SMILES string of the molecule is COCC(NCc1ccc2oc(C(=O)O)cc2c1)C(C)C. The third-order valence-corrected chi connectivity index (χ3v) is 3.51. The summed E-state index contributed by atoms with van der Waals surface area (Å²) in [6, 6.07) is 7.52. The molecule has 0 aliphatic rings. The van der Waals surface area contributed by atoms with Crippen LogP contribution in [0.5, 0.6) is 0 Å². The predicted molar refractivity (Wildman–Crippen MR) is 80.5 cm³/mol. The Labute approximate surface area is 123 Å². The summed E-state index contributed by atoms with van der Waals surface area (Å²) in [5, 5.41) is 13.2. The van der Waals surface area contributed by atoms with E-state index in [-0.39, 0.29) is 11.8 Å². The predicted octanol–water partition coefficient (Wildman–Crippen LogP) is 2.89. The Kier molecular flexibility index (Phi) is 4.98. The number of nitrogens with one attached hydrogen (secondary N) is 1. The lowest BCUT2D eigenvalue weighted by Gasteiger charge is -2.21. The first-order valence-electron chi connectivity index (χ1n) is 6.99. The van der Waals surface area contributed by atoms with Gasteiger partial charge in [0.15, 0.2) is 0 Å². The van der Waals surface area contributed by atoms with Gasteiger partial charge in [0.2, 0.25) is 5.76 Å². The average Bonchev–Trinajstić information content (AvgIpc) is 2.86.